The standard InChI is InChI=1S/C31H32F2N4O2/c1-4-31(32,33)26-11-8-12-27(19-26)34-30(39)22(2)23(3)35-37(21-38)28-14-13-25-16-18-36(29(25)20-28)17-15-24-9-6-5-7-10-24/h5-14,16,18-22H,4,15,17H2,1-3H3,(H,34,39)/b35-23-. The Bertz CT molecular complexity index is 1480. The molecule has 0 saturated heterocycles. The molecule has 39 heavy (non-hydrogen) atoms. The van der Waals surface area contributed by atoms with E-state index >= 15 is 0 Å². The second kappa shape index (κ2) is 12.0. The molecule has 8 heteroatoms. The van der Waals surface area contributed by atoms with Gasteiger partial charge in [-0.25, -0.2) is 13.8 Å². The van der Waals surface area contributed by atoms with Gasteiger partial charge in [0.15, 0.2) is 0 Å². The van der Waals surface area contributed by atoms with Crippen LogP contribution in [-0.4, -0.2) is 22.6 Å². The first kappa shape index (κ1) is 27.7. The Balaban J connectivity index is 1.49. The summed E-state index contributed by atoms with van der Waals surface area (Å²) in [4.78, 5) is 24.9. The van der Waals surface area contributed by atoms with Crippen LogP contribution >= 0.6 is 0 Å². The second-order valence-corrected chi connectivity index (χ2v) is 9.53. The van der Waals surface area contributed by atoms with E-state index in [1.54, 1.807) is 26.0 Å². The van der Waals surface area contributed by atoms with Gasteiger partial charge in [0.2, 0.25) is 12.3 Å². The lowest BCUT2D eigenvalue weighted by molar-refractivity contribution is -0.117. The largest absolute Gasteiger partial charge is 0.347 e. The Morgan fingerprint density at radius 3 is 2.56 bits per heavy atom. The van der Waals surface area contributed by atoms with Gasteiger partial charge in [0.25, 0.3) is 5.92 Å². The highest BCUT2D eigenvalue weighted by Crippen LogP contribution is 2.32. The third-order valence-electron chi connectivity index (χ3n) is 6.89. The van der Waals surface area contributed by atoms with Crippen molar-refractivity contribution in [2.45, 2.75) is 46.1 Å². The van der Waals surface area contributed by atoms with Crippen LogP contribution in [0.15, 0.2) is 90.2 Å². The van der Waals surface area contributed by atoms with Crippen LogP contribution in [0.3, 0.4) is 0 Å². The number of nitrogens with one attached hydrogen (secondary N) is 1. The van der Waals surface area contributed by atoms with E-state index in [0.717, 1.165) is 23.9 Å². The fourth-order valence-corrected chi connectivity index (χ4v) is 4.27. The Labute approximate surface area is 226 Å². The summed E-state index contributed by atoms with van der Waals surface area (Å²) < 4.78 is 30.3. The number of aryl methyl sites for hydroxylation is 2. The van der Waals surface area contributed by atoms with Crippen LogP contribution in [-0.2, 0) is 28.5 Å². The van der Waals surface area contributed by atoms with E-state index in [2.05, 4.69) is 27.1 Å². The van der Waals surface area contributed by atoms with Gasteiger partial charge in [-0.3, -0.25) is 9.59 Å². The summed E-state index contributed by atoms with van der Waals surface area (Å²) in [6.07, 6.45) is 3.16. The number of amides is 2. The molecule has 1 aromatic heterocycles. The molecule has 1 heterocycles. The van der Waals surface area contributed by atoms with Crippen LogP contribution in [0.5, 0.6) is 0 Å². The zero-order chi connectivity index (χ0) is 28.0. The molecule has 0 aliphatic carbocycles. The number of alkyl halides is 2. The fourth-order valence-electron chi connectivity index (χ4n) is 4.27. The number of aromatic nitrogens is 1. The molecule has 6 nitrogen and oxygen atoms in total. The fraction of sp³-hybridized carbons (Fsp3) is 0.258. The maximum atomic E-state index is 14.1. The summed E-state index contributed by atoms with van der Waals surface area (Å²) in [5.74, 6) is -4.10. The first-order valence-corrected chi connectivity index (χ1v) is 12.9. The summed E-state index contributed by atoms with van der Waals surface area (Å²) in [5.41, 5.74) is 3.30. The molecule has 1 atom stereocenters. The number of fused-ring (bicyclic) bond motifs is 1. The van der Waals surface area contributed by atoms with E-state index in [1.165, 1.54) is 35.7 Å². The number of nitrogens with zero attached hydrogens (tertiary/aromatic N) is 3. The molecule has 0 spiro atoms. The average Bonchev–Trinajstić information content (AvgIpc) is 3.37. The van der Waals surface area contributed by atoms with Crippen LogP contribution in [0.1, 0.15) is 38.3 Å². The van der Waals surface area contributed by atoms with E-state index in [9.17, 15) is 18.4 Å². The molecule has 0 aliphatic rings. The molecule has 0 aliphatic heterocycles. The summed E-state index contributed by atoms with van der Waals surface area (Å²) in [6.45, 7) is 5.50. The number of carbonyl (C=O) groups is 2. The van der Waals surface area contributed by atoms with Gasteiger partial charge in [0.05, 0.1) is 17.1 Å². The molecule has 0 radical (unpaired) electrons. The topological polar surface area (TPSA) is 66.7 Å². The summed E-state index contributed by atoms with van der Waals surface area (Å²) in [7, 11) is 0. The average molecular weight is 531 g/mol. The van der Waals surface area contributed by atoms with Crippen LogP contribution in [0.25, 0.3) is 10.9 Å². The van der Waals surface area contributed by atoms with Crippen LogP contribution < -0.4 is 10.3 Å². The van der Waals surface area contributed by atoms with Crippen molar-refractivity contribution in [1.82, 2.24) is 4.57 Å². The summed E-state index contributed by atoms with van der Waals surface area (Å²) >= 11 is 0. The van der Waals surface area contributed by atoms with E-state index in [0.29, 0.717) is 17.8 Å². The first-order valence-electron chi connectivity index (χ1n) is 12.9. The van der Waals surface area contributed by atoms with Crippen molar-refractivity contribution in [3.05, 3.63) is 96.2 Å². The lowest BCUT2D eigenvalue weighted by atomic mass is 10.0. The van der Waals surface area contributed by atoms with Gasteiger partial charge < -0.3 is 9.88 Å². The SMILES string of the molecule is CCC(F)(F)c1cccc(NC(=O)C(C)/C(C)=N\N(C=O)c2ccc3ccn(CCc4ccccc4)c3c2)c1. The quantitative estimate of drug-likeness (QED) is 0.129. The highest BCUT2D eigenvalue weighted by molar-refractivity contribution is 6.08. The maximum absolute atomic E-state index is 14.1. The number of benzene rings is 3. The van der Waals surface area contributed by atoms with Gasteiger partial charge >= 0.3 is 0 Å². The van der Waals surface area contributed by atoms with Crippen molar-refractivity contribution >= 4 is 40.3 Å². The first-order chi connectivity index (χ1) is 18.7. The minimum Gasteiger partial charge on any atom is -0.347 e. The summed E-state index contributed by atoms with van der Waals surface area (Å²) in [5, 5.41) is 9.33. The predicted octanol–water partition coefficient (Wildman–Crippen LogP) is 7.00. The molecule has 0 fully saturated rings. The van der Waals surface area contributed by atoms with Crippen LogP contribution in [0.4, 0.5) is 20.2 Å². The predicted molar refractivity (Wildman–Crippen MR) is 152 cm³/mol. The molecule has 2 amide bonds. The monoisotopic (exact) mass is 530 g/mol. The number of hydrogen-bond acceptors (Lipinski definition) is 3. The van der Waals surface area contributed by atoms with Crippen molar-refractivity contribution in [2.75, 3.05) is 10.3 Å². The maximum Gasteiger partial charge on any atom is 0.273 e. The minimum absolute atomic E-state index is 0.156. The number of carbonyl (C=O) groups excluding carboxylic acids is 2. The highest BCUT2D eigenvalue weighted by Gasteiger charge is 2.29. The van der Waals surface area contributed by atoms with Gasteiger partial charge in [0, 0.05) is 36.1 Å². The molecule has 4 aromatic rings. The third-order valence-corrected chi connectivity index (χ3v) is 6.89. The van der Waals surface area contributed by atoms with Gasteiger partial charge in [-0.05, 0) is 61.5 Å². The van der Waals surface area contributed by atoms with Crippen molar-refractivity contribution in [1.29, 1.82) is 0 Å². The number of anilines is 2. The van der Waals surface area contributed by atoms with E-state index < -0.39 is 17.7 Å². The molecule has 202 valence electrons. The smallest absolute Gasteiger partial charge is 0.273 e. The zero-order valence-corrected chi connectivity index (χ0v) is 22.3. The van der Waals surface area contributed by atoms with Crippen molar-refractivity contribution < 1.29 is 18.4 Å². The number of hydrazone groups is 1. The van der Waals surface area contributed by atoms with Crippen LogP contribution in [0, 0.1) is 5.92 Å². The van der Waals surface area contributed by atoms with Crippen molar-refractivity contribution in [3.8, 4) is 0 Å². The highest BCUT2D eigenvalue weighted by atomic mass is 19.3. The molecule has 4 rings (SSSR count). The lowest BCUT2D eigenvalue weighted by Crippen LogP contribution is -2.28. The lowest BCUT2D eigenvalue weighted by Gasteiger charge is -2.18. The van der Waals surface area contributed by atoms with E-state index in [1.807, 2.05) is 42.6 Å². The Hall–Kier alpha value is -4.33. The molecule has 1 N–H and O–H groups in total. The molecular formula is C31H32F2N4O2. The van der Waals surface area contributed by atoms with Crippen LogP contribution in [0.2, 0.25) is 0 Å². The van der Waals surface area contributed by atoms with Gasteiger partial charge in [0.1, 0.15) is 0 Å². The molecule has 3 aromatic carbocycles. The molecule has 0 saturated carbocycles. The summed E-state index contributed by atoms with van der Waals surface area (Å²) in [6, 6.07) is 23.6. The Morgan fingerprint density at radius 1 is 1.08 bits per heavy atom. The minimum atomic E-state index is -2.98. The Morgan fingerprint density at radius 2 is 1.85 bits per heavy atom. The van der Waals surface area contributed by atoms with E-state index in [-0.39, 0.29) is 17.7 Å². The van der Waals surface area contributed by atoms with Gasteiger partial charge in [-0.1, -0.05) is 55.5 Å². The van der Waals surface area contributed by atoms with Gasteiger partial charge in [-0.15, -0.1) is 0 Å². The molecular weight excluding hydrogens is 498 g/mol. The molecule has 1 unspecified atom stereocenters. The van der Waals surface area contributed by atoms with E-state index in [4.69, 9.17) is 0 Å². The number of hydrogen-bond donors (Lipinski definition) is 1. The second-order valence-electron chi connectivity index (χ2n) is 9.53. The van der Waals surface area contributed by atoms with Gasteiger partial charge in [-0.2, -0.15) is 5.10 Å². The van der Waals surface area contributed by atoms with Crippen molar-refractivity contribution in [3.63, 3.8) is 0 Å². The number of halogens is 2. The molecule has 0 bridgehead atoms. The van der Waals surface area contributed by atoms with Crippen molar-refractivity contribution in [2.24, 2.45) is 11.0 Å². The normalized spacial score (nSPS) is 12.8. The third kappa shape index (κ3) is 6.57. The zero-order valence-electron chi connectivity index (χ0n) is 22.3. The Kier molecular flexibility index (Phi) is 8.54. The number of rotatable bonds is 11.